The summed E-state index contributed by atoms with van der Waals surface area (Å²) in [5, 5.41) is 4.76. The van der Waals surface area contributed by atoms with Crippen molar-refractivity contribution in [1.82, 2.24) is 10.2 Å². The molecule has 1 saturated heterocycles. The van der Waals surface area contributed by atoms with Gasteiger partial charge in [0.2, 0.25) is 17.7 Å². The second kappa shape index (κ2) is 7.25. The van der Waals surface area contributed by atoms with Crippen molar-refractivity contribution in [1.29, 1.82) is 0 Å². The lowest BCUT2D eigenvalue weighted by Crippen LogP contribution is -2.54. The van der Waals surface area contributed by atoms with E-state index in [1.54, 1.807) is 6.07 Å². The maximum atomic E-state index is 12.8. The zero-order chi connectivity index (χ0) is 18.8. The third-order valence-corrected chi connectivity index (χ3v) is 4.55. The fraction of sp³-hybridized carbons (Fsp3) is 0.353. The maximum absolute atomic E-state index is 12.8. The Morgan fingerprint density at radius 2 is 2.00 bits per heavy atom. The minimum Gasteiger partial charge on any atom is -0.325 e. The van der Waals surface area contributed by atoms with Gasteiger partial charge in [-0.2, -0.15) is 0 Å². The third kappa shape index (κ3) is 3.20. The highest BCUT2D eigenvalue weighted by Gasteiger charge is 2.45. The number of hydrogen-bond acceptors (Lipinski definition) is 5. The van der Waals surface area contributed by atoms with E-state index in [1.165, 1.54) is 12.1 Å². The van der Waals surface area contributed by atoms with E-state index in [0.29, 0.717) is 12.3 Å². The number of fused-ring (bicyclic) bond motifs is 1. The van der Waals surface area contributed by atoms with Crippen LogP contribution in [0.25, 0.3) is 0 Å². The number of amides is 5. The van der Waals surface area contributed by atoms with Crippen LogP contribution in [-0.2, 0) is 14.4 Å². The van der Waals surface area contributed by atoms with Crippen molar-refractivity contribution in [2.45, 2.75) is 31.7 Å². The van der Waals surface area contributed by atoms with E-state index in [2.05, 4.69) is 10.6 Å². The van der Waals surface area contributed by atoms with Crippen LogP contribution in [0.15, 0.2) is 18.2 Å². The molecule has 1 aromatic carbocycles. The lowest BCUT2D eigenvalue weighted by Gasteiger charge is -2.27. The van der Waals surface area contributed by atoms with Crippen LogP contribution in [0.2, 0.25) is 0 Å². The number of carbonyl (C=O) groups is 5. The van der Waals surface area contributed by atoms with E-state index in [4.69, 9.17) is 11.6 Å². The van der Waals surface area contributed by atoms with Crippen molar-refractivity contribution in [3.63, 3.8) is 0 Å². The molecule has 26 heavy (non-hydrogen) atoms. The van der Waals surface area contributed by atoms with E-state index >= 15 is 0 Å². The summed E-state index contributed by atoms with van der Waals surface area (Å²) in [6.45, 7) is 0. The van der Waals surface area contributed by atoms with Gasteiger partial charge in [0, 0.05) is 18.7 Å². The van der Waals surface area contributed by atoms with Crippen LogP contribution >= 0.6 is 11.6 Å². The first kappa shape index (κ1) is 18.1. The average molecular weight is 378 g/mol. The molecule has 1 atom stereocenters. The zero-order valence-corrected chi connectivity index (χ0v) is 14.5. The number of piperidine rings is 1. The highest BCUT2D eigenvalue weighted by Crippen LogP contribution is 2.32. The predicted octanol–water partition coefficient (Wildman–Crippen LogP) is 1.05. The van der Waals surface area contributed by atoms with Crippen LogP contribution in [0.3, 0.4) is 0 Å². The molecule has 1 fully saturated rings. The Morgan fingerprint density at radius 3 is 2.69 bits per heavy atom. The Hall–Kier alpha value is -2.74. The molecule has 2 heterocycles. The van der Waals surface area contributed by atoms with Gasteiger partial charge in [0.05, 0.1) is 16.8 Å². The Bertz CT molecular complexity index is 823. The standard InChI is InChI=1S/C17H16ClN3O5/c18-8-2-5-12(22)19-10-4-1-3-9-14(10)17(26)21(16(9)25)11-6-7-13(23)20-15(11)24/h1,3-4,11H,2,5-8H2,(H,19,22)(H,20,23,24). The third-order valence-electron chi connectivity index (χ3n) is 4.28. The molecule has 0 saturated carbocycles. The number of halogens is 1. The fourth-order valence-electron chi connectivity index (χ4n) is 3.06. The lowest BCUT2D eigenvalue weighted by molar-refractivity contribution is -0.136. The molecule has 0 aliphatic carbocycles. The van der Waals surface area contributed by atoms with Gasteiger partial charge in [0.15, 0.2) is 0 Å². The van der Waals surface area contributed by atoms with Gasteiger partial charge >= 0.3 is 0 Å². The van der Waals surface area contributed by atoms with Crippen molar-refractivity contribution in [2.24, 2.45) is 0 Å². The normalized spacial score (nSPS) is 19.4. The molecule has 0 radical (unpaired) electrons. The predicted molar refractivity (Wildman–Crippen MR) is 91.7 cm³/mol. The van der Waals surface area contributed by atoms with Gasteiger partial charge in [0.1, 0.15) is 6.04 Å². The topological polar surface area (TPSA) is 113 Å². The molecule has 1 unspecified atom stereocenters. The summed E-state index contributed by atoms with van der Waals surface area (Å²) >= 11 is 5.57. The SMILES string of the molecule is O=C1CCC(N2C(=O)c3cccc(NC(=O)CCCCl)c3C2=O)C(=O)N1. The molecule has 0 spiro atoms. The molecule has 136 valence electrons. The summed E-state index contributed by atoms with van der Waals surface area (Å²) in [6, 6.07) is 3.50. The van der Waals surface area contributed by atoms with Crippen LogP contribution in [0, 0.1) is 0 Å². The Balaban J connectivity index is 1.88. The Labute approximate surface area is 153 Å². The smallest absolute Gasteiger partial charge is 0.264 e. The summed E-state index contributed by atoms with van der Waals surface area (Å²) in [6.07, 6.45) is 0.795. The first-order valence-corrected chi connectivity index (χ1v) is 8.68. The summed E-state index contributed by atoms with van der Waals surface area (Å²) < 4.78 is 0. The molecule has 0 aromatic heterocycles. The van der Waals surface area contributed by atoms with E-state index in [-0.39, 0.29) is 42.0 Å². The number of nitrogens with one attached hydrogen (secondary N) is 2. The number of alkyl halides is 1. The molecule has 2 aliphatic heterocycles. The Morgan fingerprint density at radius 1 is 1.23 bits per heavy atom. The summed E-state index contributed by atoms with van der Waals surface area (Å²) in [5.74, 6) is -2.37. The molecule has 9 heteroatoms. The number of anilines is 1. The van der Waals surface area contributed by atoms with Crippen LogP contribution < -0.4 is 10.6 Å². The molecule has 2 aliphatic rings. The zero-order valence-electron chi connectivity index (χ0n) is 13.7. The second-order valence-corrected chi connectivity index (χ2v) is 6.39. The first-order valence-electron chi connectivity index (χ1n) is 8.14. The number of hydrogen-bond donors (Lipinski definition) is 2. The Kier molecular flexibility index (Phi) is 5.03. The molecule has 3 rings (SSSR count). The molecular weight excluding hydrogens is 362 g/mol. The number of nitrogens with zero attached hydrogens (tertiary/aromatic N) is 1. The van der Waals surface area contributed by atoms with E-state index in [0.717, 1.165) is 4.90 Å². The van der Waals surface area contributed by atoms with Gasteiger partial charge in [-0.3, -0.25) is 34.2 Å². The molecule has 8 nitrogen and oxygen atoms in total. The van der Waals surface area contributed by atoms with Gasteiger partial charge in [-0.15, -0.1) is 11.6 Å². The number of imide groups is 2. The van der Waals surface area contributed by atoms with Gasteiger partial charge in [-0.05, 0) is 25.0 Å². The minimum absolute atomic E-state index is 0.0475. The summed E-state index contributed by atoms with van der Waals surface area (Å²) in [7, 11) is 0. The largest absolute Gasteiger partial charge is 0.325 e. The maximum Gasteiger partial charge on any atom is 0.264 e. The lowest BCUT2D eigenvalue weighted by atomic mass is 10.0. The summed E-state index contributed by atoms with van der Waals surface area (Å²) in [4.78, 5) is 61.6. The van der Waals surface area contributed by atoms with Crippen molar-refractivity contribution in [3.05, 3.63) is 29.3 Å². The highest BCUT2D eigenvalue weighted by molar-refractivity contribution is 6.26. The van der Waals surface area contributed by atoms with Crippen LogP contribution in [0.5, 0.6) is 0 Å². The van der Waals surface area contributed by atoms with Crippen LogP contribution in [0.4, 0.5) is 5.69 Å². The highest BCUT2D eigenvalue weighted by atomic mass is 35.5. The second-order valence-electron chi connectivity index (χ2n) is 6.02. The van der Waals surface area contributed by atoms with Crippen molar-refractivity contribution < 1.29 is 24.0 Å². The number of rotatable bonds is 5. The monoisotopic (exact) mass is 377 g/mol. The number of benzene rings is 1. The van der Waals surface area contributed by atoms with Crippen molar-refractivity contribution in [3.8, 4) is 0 Å². The van der Waals surface area contributed by atoms with E-state index in [9.17, 15) is 24.0 Å². The fourth-order valence-corrected chi connectivity index (χ4v) is 3.19. The molecule has 0 bridgehead atoms. The van der Waals surface area contributed by atoms with Gasteiger partial charge in [-0.1, -0.05) is 6.07 Å². The minimum atomic E-state index is -1.04. The van der Waals surface area contributed by atoms with E-state index < -0.39 is 29.7 Å². The first-order chi connectivity index (χ1) is 12.4. The van der Waals surface area contributed by atoms with Gasteiger partial charge < -0.3 is 5.32 Å². The summed E-state index contributed by atoms with van der Waals surface area (Å²) in [5.41, 5.74) is 0.395. The quantitative estimate of drug-likeness (QED) is 0.588. The van der Waals surface area contributed by atoms with Crippen LogP contribution in [-0.4, -0.2) is 46.4 Å². The van der Waals surface area contributed by atoms with Crippen LogP contribution in [0.1, 0.15) is 46.4 Å². The average Bonchev–Trinajstić information content (AvgIpc) is 2.85. The van der Waals surface area contributed by atoms with Gasteiger partial charge in [-0.25, -0.2) is 0 Å². The van der Waals surface area contributed by atoms with Crippen molar-refractivity contribution in [2.75, 3.05) is 11.2 Å². The van der Waals surface area contributed by atoms with Crippen molar-refractivity contribution >= 4 is 46.8 Å². The molecule has 2 N–H and O–H groups in total. The van der Waals surface area contributed by atoms with E-state index in [1.807, 2.05) is 0 Å². The molecule has 5 amide bonds. The molecule has 1 aromatic rings. The van der Waals surface area contributed by atoms with Gasteiger partial charge in [0.25, 0.3) is 11.8 Å². The molecular formula is C17H16ClN3O5. The number of carbonyl (C=O) groups excluding carboxylic acids is 5.